The Hall–Kier alpha value is -2.43. The molecule has 2 aromatic rings. The first kappa shape index (κ1) is 19.3. The molecule has 3 rings (SSSR count). The highest BCUT2D eigenvalue weighted by Crippen LogP contribution is 2.33. The monoisotopic (exact) mass is 412 g/mol. The van der Waals surface area contributed by atoms with Crippen molar-refractivity contribution in [2.75, 3.05) is 11.9 Å². The average Bonchev–Trinajstić information content (AvgIpc) is 3.05. The third-order valence-electron chi connectivity index (χ3n) is 3.84. The molecule has 11 heteroatoms. The fourth-order valence-electron chi connectivity index (χ4n) is 2.65. The smallest absolute Gasteiger partial charge is 0.314 e. The van der Waals surface area contributed by atoms with E-state index in [2.05, 4.69) is 15.7 Å². The van der Waals surface area contributed by atoms with Crippen LogP contribution in [0.3, 0.4) is 0 Å². The van der Waals surface area contributed by atoms with Crippen LogP contribution in [0.2, 0.25) is 5.02 Å². The molecule has 0 bridgehead atoms. The number of hydrogen-bond acceptors (Lipinski definition) is 6. The standard InChI is InChI=1S/C16H17ClN4O5S/c1-9(22)6-18-15(23)16(24)19-14-12-7-27(25,26)8-13(12)20-21(14)11-4-2-3-10(17)5-11/h2-5,9,22H,6-8H2,1H3,(H,18,23)(H,19,24)/t9-/m1/s1. The minimum absolute atomic E-state index is 0.0910. The lowest BCUT2D eigenvalue weighted by Gasteiger charge is -2.12. The van der Waals surface area contributed by atoms with Gasteiger partial charge in [0.05, 0.1) is 29.0 Å². The lowest BCUT2D eigenvalue weighted by atomic mass is 10.2. The van der Waals surface area contributed by atoms with Crippen LogP contribution in [-0.4, -0.2) is 47.8 Å². The zero-order valence-corrected chi connectivity index (χ0v) is 15.8. The highest BCUT2D eigenvalue weighted by atomic mass is 35.5. The Morgan fingerprint density at radius 3 is 2.74 bits per heavy atom. The number of aliphatic hydroxyl groups excluding tert-OH is 1. The van der Waals surface area contributed by atoms with Crippen molar-refractivity contribution in [3.05, 3.63) is 40.5 Å². The molecule has 27 heavy (non-hydrogen) atoms. The highest BCUT2D eigenvalue weighted by Gasteiger charge is 2.33. The molecule has 2 heterocycles. The number of hydrogen-bond donors (Lipinski definition) is 3. The van der Waals surface area contributed by atoms with Gasteiger partial charge >= 0.3 is 11.8 Å². The number of carbonyl (C=O) groups excluding carboxylic acids is 2. The number of benzene rings is 1. The second kappa shape index (κ2) is 7.29. The second-order valence-electron chi connectivity index (χ2n) is 6.21. The van der Waals surface area contributed by atoms with Crippen LogP contribution in [0.25, 0.3) is 5.69 Å². The topological polar surface area (TPSA) is 130 Å². The van der Waals surface area contributed by atoms with E-state index in [0.717, 1.165) is 0 Å². The van der Waals surface area contributed by atoms with Crippen molar-refractivity contribution in [3.8, 4) is 5.69 Å². The Bertz CT molecular complexity index is 1020. The van der Waals surface area contributed by atoms with Crippen molar-refractivity contribution in [1.29, 1.82) is 0 Å². The number of nitrogens with one attached hydrogen (secondary N) is 2. The summed E-state index contributed by atoms with van der Waals surface area (Å²) in [4.78, 5) is 24.1. The SMILES string of the molecule is C[C@@H](O)CNC(=O)C(=O)Nc1c2c(nn1-c1cccc(Cl)c1)CS(=O)(=O)C2. The first-order valence-electron chi connectivity index (χ1n) is 8.00. The normalized spacial score (nSPS) is 15.8. The molecular formula is C16H17ClN4O5S. The molecule has 9 nitrogen and oxygen atoms in total. The van der Waals surface area contributed by atoms with E-state index in [1.807, 2.05) is 0 Å². The fourth-order valence-corrected chi connectivity index (χ4v) is 4.33. The number of fused-ring (bicyclic) bond motifs is 1. The number of rotatable bonds is 4. The summed E-state index contributed by atoms with van der Waals surface area (Å²) in [7, 11) is -3.36. The maximum Gasteiger partial charge on any atom is 0.314 e. The van der Waals surface area contributed by atoms with E-state index >= 15 is 0 Å². The zero-order chi connectivity index (χ0) is 19.8. The van der Waals surface area contributed by atoms with E-state index in [4.69, 9.17) is 11.6 Å². The van der Waals surface area contributed by atoms with E-state index in [0.29, 0.717) is 22.0 Å². The Kier molecular flexibility index (Phi) is 5.22. The van der Waals surface area contributed by atoms with Crippen molar-refractivity contribution in [1.82, 2.24) is 15.1 Å². The van der Waals surface area contributed by atoms with E-state index in [9.17, 15) is 23.1 Å². The molecule has 0 unspecified atom stereocenters. The molecule has 0 fully saturated rings. The van der Waals surface area contributed by atoms with Crippen LogP contribution in [-0.2, 0) is 30.9 Å². The van der Waals surface area contributed by atoms with Gasteiger partial charge in [-0.3, -0.25) is 9.59 Å². The summed E-state index contributed by atoms with van der Waals surface area (Å²) in [5, 5.41) is 18.6. The van der Waals surface area contributed by atoms with Crippen LogP contribution >= 0.6 is 11.6 Å². The minimum atomic E-state index is -3.36. The number of sulfone groups is 1. The maximum atomic E-state index is 12.2. The second-order valence-corrected chi connectivity index (χ2v) is 8.71. The summed E-state index contributed by atoms with van der Waals surface area (Å²) in [6.45, 7) is 1.37. The number of amides is 2. The molecule has 0 radical (unpaired) electrons. The molecule has 1 atom stereocenters. The Labute approximate surface area is 160 Å². The molecule has 1 aliphatic rings. The molecule has 1 aromatic carbocycles. The first-order valence-corrected chi connectivity index (χ1v) is 10.2. The van der Waals surface area contributed by atoms with Gasteiger partial charge in [-0.25, -0.2) is 13.1 Å². The van der Waals surface area contributed by atoms with Gasteiger partial charge in [0.1, 0.15) is 5.82 Å². The van der Waals surface area contributed by atoms with Crippen LogP contribution in [0.15, 0.2) is 24.3 Å². The summed E-state index contributed by atoms with van der Waals surface area (Å²) >= 11 is 6.00. The molecule has 1 aliphatic heterocycles. The van der Waals surface area contributed by atoms with Gasteiger partial charge < -0.3 is 15.7 Å². The van der Waals surface area contributed by atoms with Crippen LogP contribution in [0, 0.1) is 0 Å². The predicted molar refractivity (Wildman–Crippen MR) is 98.2 cm³/mol. The van der Waals surface area contributed by atoms with Crippen LogP contribution in [0.1, 0.15) is 18.2 Å². The van der Waals surface area contributed by atoms with Gasteiger partial charge in [0.15, 0.2) is 9.84 Å². The third-order valence-corrected chi connectivity index (χ3v) is 5.51. The fraction of sp³-hybridized carbons (Fsp3) is 0.312. The van der Waals surface area contributed by atoms with Crippen molar-refractivity contribution in [2.24, 2.45) is 0 Å². The zero-order valence-electron chi connectivity index (χ0n) is 14.3. The molecule has 2 amide bonds. The van der Waals surface area contributed by atoms with Crippen molar-refractivity contribution in [2.45, 2.75) is 24.5 Å². The Morgan fingerprint density at radius 1 is 1.33 bits per heavy atom. The molecule has 0 aliphatic carbocycles. The lowest BCUT2D eigenvalue weighted by molar-refractivity contribution is -0.136. The van der Waals surface area contributed by atoms with E-state index < -0.39 is 27.8 Å². The highest BCUT2D eigenvalue weighted by molar-refractivity contribution is 7.90. The van der Waals surface area contributed by atoms with E-state index in [1.165, 1.54) is 11.6 Å². The van der Waals surface area contributed by atoms with Gasteiger partial charge in [-0.15, -0.1) is 0 Å². The maximum absolute atomic E-state index is 12.2. The average molecular weight is 413 g/mol. The van der Waals surface area contributed by atoms with Crippen LogP contribution in [0.4, 0.5) is 5.82 Å². The Balaban J connectivity index is 1.95. The molecule has 0 saturated heterocycles. The number of aliphatic hydroxyl groups is 1. The van der Waals surface area contributed by atoms with Gasteiger partial charge in [0, 0.05) is 17.1 Å². The summed E-state index contributed by atoms with van der Waals surface area (Å²) in [5.41, 5.74) is 1.16. The summed E-state index contributed by atoms with van der Waals surface area (Å²) < 4.78 is 25.2. The summed E-state index contributed by atoms with van der Waals surface area (Å²) in [5.74, 6) is -2.37. The van der Waals surface area contributed by atoms with Gasteiger partial charge in [-0.2, -0.15) is 5.10 Å². The molecule has 0 saturated carbocycles. The Morgan fingerprint density at radius 2 is 2.07 bits per heavy atom. The number of anilines is 1. The summed E-state index contributed by atoms with van der Waals surface area (Å²) in [6.07, 6.45) is -0.812. The molecule has 0 spiro atoms. The van der Waals surface area contributed by atoms with Crippen molar-refractivity contribution < 1.29 is 23.1 Å². The number of nitrogens with zero attached hydrogens (tertiary/aromatic N) is 2. The van der Waals surface area contributed by atoms with Gasteiger partial charge in [0.25, 0.3) is 0 Å². The van der Waals surface area contributed by atoms with Gasteiger partial charge in [0.2, 0.25) is 0 Å². The number of carbonyl (C=O) groups is 2. The largest absolute Gasteiger partial charge is 0.392 e. The predicted octanol–water partition coefficient (Wildman–Crippen LogP) is 0.390. The number of aromatic nitrogens is 2. The quantitative estimate of drug-likeness (QED) is 0.623. The van der Waals surface area contributed by atoms with Gasteiger partial charge in [-0.05, 0) is 25.1 Å². The number of halogens is 1. The molecular weight excluding hydrogens is 396 g/mol. The van der Waals surface area contributed by atoms with Gasteiger partial charge in [-0.1, -0.05) is 17.7 Å². The lowest BCUT2D eigenvalue weighted by Crippen LogP contribution is -2.39. The van der Waals surface area contributed by atoms with Crippen molar-refractivity contribution >= 4 is 39.1 Å². The first-order chi connectivity index (χ1) is 12.7. The molecule has 3 N–H and O–H groups in total. The van der Waals surface area contributed by atoms with Crippen molar-refractivity contribution in [3.63, 3.8) is 0 Å². The van der Waals surface area contributed by atoms with E-state index in [1.54, 1.807) is 24.3 Å². The van der Waals surface area contributed by atoms with Crippen LogP contribution < -0.4 is 10.6 Å². The van der Waals surface area contributed by atoms with Crippen LogP contribution in [0.5, 0.6) is 0 Å². The van der Waals surface area contributed by atoms with E-state index in [-0.39, 0.29) is 23.9 Å². The molecule has 1 aromatic heterocycles. The minimum Gasteiger partial charge on any atom is -0.392 e. The summed E-state index contributed by atoms with van der Waals surface area (Å²) in [6, 6.07) is 6.63. The molecule has 144 valence electrons. The third kappa shape index (κ3) is 4.29.